The maximum Gasteiger partial charge on any atom is 0.257 e. The molecule has 0 bridgehead atoms. The molecule has 0 aromatic heterocycles. The minimum Gasteiger partial charge on any atom is -0.494 e. The summed E-state index contributed by atoms with van der Waals surface area (Å²) < 4.78 is 5.38. The van der Waals surface area contributed by atoms with Crippen LogP contribution in [0.15, 0.2) is 66.7 Å². The van der Waals surface area contributed by atoms with Crippen molar-refractivity contribution in [2.75, 3.05) is 17.7 Å². The summed E-state index contributed by atoms with van der Waals surface area (Å²) in [7, 11) is 1.50. The number of benzene rings is 3. The molecule has 0 heterocycles. The average Bonchev–Trinajstić information content (AvgIpc) is 2.75. The van der Waals surface area contributed by atoms with Crippen LogP contribution in [-0.2, 0) is 0 Å². The molecule has 0 aliphatic carbocycles. The zero-order valence-electron chi connectivity index (χ0n) is 17.0. The van der Waals surface area contributed by atoms with Crippen LogP contribution in [0.2, 0.25) is 5.02 Å². The van der Waals surface area contributed by atoms with Crippen LogP contribution < -0.4 is 15.4 Å². The van der Waals surface area contributed by atoms with Crippen molar-refractivity contribution in [1.82, 2.24) is 0 Å². The van der Waals surface area contributed by atoms with Gasteiger partial charge in [0.2, 0.25) is 0 Å². The quantitative estimate of drug-likeness (QED) is 0.513. The number of rotatable bonds is 6. The zero-order valence-corrected chi connectivity index (χ0v) is 17.8. The number of hydrogen-bond donors (Lipinski definition) is 2. The van der Waals surface area contributed by atoms with E-state index in [-0.39, 0.29) is 11.8 Å². The lowest BCUT2D eigenvalue weighted by Gasteiger charge is -2.13. The molecular formula is C24H23ClN2O3. The fourth-order valence-electron chi connectivity index (χ4n) is 2.93. The van der Waals surface area contributed by atoms with Crippen molar-refractivity contribution in [3.63, 3.8) is 0 Å². The summed E-state index contributed by atoms with van der Waals surface area (Å²) >= 11 is 6.09. The topological polar surface area (TPSA) is 67.4 Å². The SMILES string of the molecule is COc1cc(NC(=O)c2ccc(C(C)C)cc2)ccc1NC(=O)c1ccccc1Cl. The third kappa shape index (κ3) is 4.99. The van der Waals surface area contributed by atoms with Crippen molar-refractivity contribution < 1.29 is 14.3 Å². The van der Waals surface area contributed by atoms with Crippen LogP contribution in [0.4, 0.5) is 11.4 Å². The van der Waals surface area contributed by atoms with Gasteiger partial charge < -0.3 is 15.4 Å². The summed E-state index contributed by atoms with van der Waals surface area (Å²) in [6.45, 7) is 4.21. The molecule has 0 radical (unpaired) electrons. The lowest BCUT2D eigenvalue weighted by molar-refractivity contribution is 0.101. The number of ether oxygens (including phenoxy) is 1. The fourth-order valence-corrected chi connectivity index (χ4v) is 3.15. The summed E-state index contributed by atoms with van der Waals surface area (Å²) in [5.41, 5.74) is 3.13. The molecule has 0 saturated heterocycles. The molecule has 0 aliphatic heterocycles. The second kappa shape index (κ2) is 9.46. The third-order valence-corrected chi connectivity index (χ3v) is 5.00. The van der Waals surface area contributed by atoms with Gasteiger partial charge in [0, 0.05) is 17.3 Å². The Bertz CT molecular complexity index is 1060. The number of amides is 2. The smallest absolute Gasteiger partial charge is 0.257 e. The fraction of sp³-hybridized carbons (Fsp3) is 0.167. The van der Waals surface area contributed by atoms with Gasteiger partial charge in [-0.2, -0.15) is 0 Å². The lowest BCUT2D eigenvalue weighted by atomic mass is 10.0. The van der Waals surface area contributed by atoms with Crippen molar-refractivity contribution in [1.29, 1.82) is 0 Å². The molecule has 30 heavy (non-hydrogen) atoms. The van der Waals surface area contributed by atoms with Gasteiger partial charge in [-0.15, -0.1) is 0 Å². The minimum atomic E-state index is -0.346. The van der Waals surface area contributed by atoms with Crippen LogP contribution in [0, 0.1) is 0 Å². The van der Waals surface area contributed by atoms with Crippen molar-refractivity contribution >= 4 is 34.8 Å². The summed E-state index contributed by atoms with van der Waals surface area (Å²) in [5, 5.41) is 6.00. The number of halogens is 1. The highest BCUT2D eigenvalue weighted by molar-refractivity contribution is 6.34. The van der Waals surface area contributed by atoms with E-state index in [4.69, 9.17) is 16.3 Å². The normalized spacial score (nSPS) is 10.6. The van der Waals surface area contributed by atoms with Crippen LogP contribution in [0.1, 0.15) is 46.0 Å². The number of anilines is 2. The molecule has 5 nitrogen and oxygen atoms in total. The Hall–Kier alpha value is -3.31. The summed E-state index contributed by atoms with van der Waals surface area (Å²) in [5.74, 6) is 0.254. The molecule has 0 saturated carbocycles. The largest absolute Gasteiger partial charge is 0.494 e. The predicted octanol–water partition coefficient (Wildman–Crippen LogP) is 5.98. The van der Waals surface area contributed by atoms with Crippen LogP contribution in [0.5, 0.6) is 5.75 Å². The Kier molecular flexibility index (Phi) is 6.75. The molecular weight excluding hydrogens is 400 g/mol. The highest BCUT2D eigenvalue weighted by Crippen LogP contribution is 2.29. The number of nitrogens with one attached hydrogen (secondary N) is 2. The van der Waals surface area contributed by atoms with Crippen LogP contribution >= 0.6 is 11.6 Å². The molecule has 3 aromatic rings. The van der Waals surface area contributed by atoms with Gasteiger partial charge in [0.25, 0.3) is 11.8 Å². The number of methoxy groups -OCH3 is 1. The molecule has 3 rings (SSSR count). The summed E-state index contributed by atoms with van der Waals surface area (Å²) in [6.07, 6.45) is 0. The Labute approximate surface area is 181 Å². The van der Waals surface area contributed by atoms with E-state index in [2.05, 4.69) is 24.5 Å². The van der Waals surface area contributed by atoms with Gasteiger partial charge in [0.1, 0.15) is 5.75 Å². The van der Waals surface area contributed by atoms with Crippen molar-refractivity contribution in [3.05, 3.63) is 88.4 Å². The van der Waals surface area contributed by atoms with E-state index < -0.39 is 0 Å². The van der Waals surface area contributed by atoms with E-state index in [1.807, 2.05) is 12.1 Å². The predicted molar refractivity (Wildman–Crippen MR) is 121 cm³/mol. The molecule has 154 valence electrons. The number of carbonyl (C=O) groups excluding carboxylic acids is 2. The van der Waals surface area contributed by atoms with Gasteiger partial charge in [0.05, 0.1) is 23.4 Å². The molecule has 0 unspecified atom stereocenters. The van der Waals surface area contributed by atoms with Gasteiger partial charge in [0.15, 0.2) is 0 Å². The second-order valence-electron chi connectivity index (χ2n) is 7.08. The van der Waals surface area contributed by atoms with E-state index in [9.17, 15) is 9.59 Å². The minimum absolute atomic E-state index is 0.222. The van der Waals surface area contributed by atoms with E-state index in [0.29, 0.717) is 39.2 Å². The molecule has 0 spiro atoms. The number of carbonyl (C=O) groups is 2. The highest BCUT2D eigenvalue weighted by Gasteiger charge is 2.14. The van der Waals surface area contributed by atoms with E-state index in [1.165, 1.54) is 12.7 Å². The van der Waals surface area contributed by atoms with Crippen molar-refractivity contribution in [2.24, 2.45) is 0 Å². The maximum atomic E-state index is 12.5. The van der Waals surface area contributed by atoms with Crippen LogP contribution in [-0.4, -0.2) is 18.9 Å². The van der Waals surface area contributed by atoms with Gasteiger partial charge in [-0.3, -0.25) is 9.59 Å². The molecule has 0 atom stereocenters. The standard InChI is InChI=1S/C24H23ClN2O3/c1-15(2)16-8-10-17(11-9-16)23(28)26-18-12-13-21(22(14-18)30-3)27-24(29)19-6-4-5-7-20(19)25/h4-15H,1-3H3,(H,26,28)(H,27,29). The van der Waals surface area contributed by atoms with Crippen molar-refractivity contribution in [3.8, 4) is 5.75 Å². The molecule has 3 aromatic carbocycles. The molecule has 6 heteroatoms. The first-order valence-electron chi connectivity index (χ1n) is 9.54. The van der Waals surface area contributed by atoms with E-state index >= 15 is 0 Å². The molecule has 2 N–H and O–H groups in total. The van der Waals surface area contributed by atoms with Gasteiger partial charge >= 0.3 is 0 Å². The first-order chi connectivity index (χ1) is 14.4. The highest BCUT2D eigenvalue weighted by atomic mass is 35.5. The average molecular weight is 423 g/mol. The molecule has 0 fully saturated rings. The van der Waals surface area contributed by atoms with Crippen LogP contribution in [0.3, 0.4) is 0 Å². The van der Waals surface area contributed by atoms with Gasteiger partial charge in [-0.1, -0.05) is 49.7 Å². The van der Waals surface area contributed by atoms with Crippen molar-refractivity contribution in [2.45, 2.75) is 19.8 Å². The Morgan fingerprint density at radius 2 is 1.60 bits per heavy atom. The first-order valence-corrected chi connectivity index (χ1v) is 9.92. The van der Waals surface area contributed by atoms with Gasteiger partial charge in [-0.05, 0) is 47.9 Å². The van der Waals surface area contributed by atoms with Gasteiger partial charge in [-0.25, -0.2) is 0 Å². The summed E-state index contributed by atoms with van der Waals surface area (Å²) in [6, 6.07) is 19.3. The summed E-state index contributed by atoms with van der Waals surface area (Å²) in [4.78, 5) is 25.0. The molecule has 0 aliphatic rings. The maximum absolute atomic E-state index is 12.5. The van der Waals surface area contributed by atoms with E-state index in [1.54, 1.807) is 54.6 Å². The Balaban J connectivity index is 1.74. The monoisotopic (exact) mass is 422 g/mol. The van der Waals surface area contributed by atoms with Crippen LogP contribution in [0.25, 0.3) is 0 Å². The second-order valence-corrected chi connectivity index (χ2v) is 7.49. The van der Waals surface area contributed by atoms with E-state index in [0.717, 1.165) is 0 Å². The molecule has 2 amide bonds. The lowest BCUT2D eigenvalue weighted by Crippen LogP contribution is -2.14. The zero-order chi connectivity index (χ0) is 21.7. The third-order valence-electron chi connectivity index (χ3n) is 4.67. The first kappa shape index (κ1) is 21.4. The Morgan fingerprint density at radius 1 is 0.900 bits per heavy atom. The number of hydrogen-bond acceptors (Lipinski definition) is 3. The Morgan fingerprint density at radius 3 is 2.23 bits per heavy atom.